The second-order valence-corrected chi connectivity index (χ2v) is 15.3. The van der Waals surface area contributed by atoms with Crippen LogP contribution in [0.15, 0.2) is 18.2 Å². The summed E-state index contributed by atoms with van der Waals surface area (Å²) in [6.45, 7) is 2.45. The molecule has 1 aromatic carbocycles. The SMILES string of the molecule is CN(CCCCCCC(F)(F)C(F)(F)C(F)(F)C(F)(F)F)CCCCC[C@@H]1Cc2cc(O)ccc2[C@@H]2[C@@H]1[C@@H]1CC[C@@](O)(C(F)(F)F)[C@@]1(C)C[C@@H]2F. The van der Waals surface area contributed by atoms with Gasteiger partial charge >= 0.3 is 30.1 Å². The number of aromatic hydroxyl groups is 1. The van der Waals surface area contributed by atoms with Gasteiger partial charge in [-0.2, -0.15) is 52.7 Å². The molecule has 3 nitrogen and oxygen atoms in total. The van der Waals surface area contributed by atoms with E-state index in [2.05, 4.69) is 0 Å². The summed E-state index contributed by atoms with van der Waals surface area (Å²) < 4.78 is 176. The number of halogens is 13. The Kier molecular flexibility index (Phi) is 12.0. The van der Waals surface area contributed by atoms with Crippen LogP contribution in [0.3, 0.4) is 0 Å². The zero-order valence-corrected chi connectivity index (χ0v) is 28.5. The Morgan fingerprint density at radius 1 is 0.824 bits per heavy atom. The lowest BCUT2D eigenvalue weighted by molar-refractivity contribution is -0.396. The molecule has 0 unspecified atom stereocenters. The molecule has 0 aliphatic heterocycles. The minimum atomic E-state index is -6.88. The molecule has 16 heteroatoms. The fourth-order valence-electron chi connectivity index (χ4n) is 9.26. The third-order valence-electron chi connectivity index (χ3n) is 12.1. The number of unbranched alkanes of at least 4 members (excludes halogenated alkanes) is 5. The zero-order valence-electron chi connectivity index (χ0n) is 28.5. The third kappa shape index (κ3) is 7.69. The molecule has 0 radical (unpaired) electrons. The minimum absolute atomic E-state index is 0.0161. The van der Waals surface area contributed by atoms with Crippen LogP contribution in [0, 0.1) is 23.2 Å². The van der Waals surface area contributed by atoms with Crippen molar-refractivity contribution in [1.29, 1.82) is 0 Å². The summed E-state index contributed by atoms with van der Waals surface area (Å²) in [6.07, 6.45) is -12.8. The van der Waals surface area contributed by atoms with Gasteiger partial charge < -0.3 is 15.1 Å². The summed E-state index contributed by atoms with van der Waals surface area (Å²) >= 11 is 0. The van der Waals surface area contributed by atoms with Gasteiger partial charge in [-0.15, -0.1) is 0 Å². The molecule has 2 fully saturated rings. The summed E-state index contributed by atoms with van der Waals surface area (Å²) in [5, 5.41) is 21.1. The highest BCUT2D eigenvalue weighted by Crippen LogP contribution is 2.69. The van der Waals surface area contributed by atoms with Crippen molar-refractivity contribution in [3.05, 3.63) is 29.3 Å². The molecule has 0 aromatic heterocycles. The Labute approximate surface area is 288 Å². The number of phenols is 1. The average molecular weight is 760 g/mol. The second kappa shape index (κ2) is 14.7. The molecule has 51 heavy (non-hydrogen) atoms. The summed E-state index contributed by atoms with van der Waals surface area (Å²) in [5.74, 6) is -20.8. The molecule has 0 saturated heterocycles. The van der Waals surface area contributed by atoms with Crippen LogP contribution in [-0.4, -0.2) is 77.1 Å². The molecule has 0 amide bonds. The van der Waals surface area contributed by atoms with Gasteiger partial charge in [-0.25, -0.2) is 4.39 Å². The lowest BCUT2D eigenvalue weighted by atomic mass is 9.49. The van der Waals surface area contributed by atoms with E-state index >= 15 is 4.39 Å². The molecule has 3 aliphatic carbocycles. The van der Waals surface area contributed by atoms with E-state index in [1.165, 1.54) is 13.0 Å². The predicted molar refractivity (Wildman–Crippen MR) is 163 cm³/mol. The molecule has 2 saturated carbocycles. The Balaban J connectivity index is 1.25. The van der Waals surface area contributed by atoms with Crippen LogP contribution >= 0.6 is 0 Å². The standard InChI is InChI=1S/C35H46F13NO2/c1-29-20-26(36)28-24-12-11-23(50)19-22(24)18-21(27(28)25(29)13-15-30(29,51)34(43,44)45)10-6-5-9-17-49(2)16-8-4-3-7-14-31(37,38)32(39,40)33(41,42)35(46,47)48/h11-12,19,21,25-28,50-51H,3-10,13-18,20H2,1-2H3/t21-,25+,26+,27+,28+,29+,30+/m1/s1. The molecular weight excluding hydrogens is 713 g/mol. The Bertz CT molecular complexity index is 1340. The van der Waals surface area contributed by atoms with Crippen molar-refractivity contribution in [2.45, 2.75) is 138 Å². The van der Waals surface area contributed by atoms with Gasteiger partial charge in [0.25, 0.3) is 0 Å². The van der Waals surface area contributed by atoms with Crippen LogP contribution in [0.25, 0.3) is 0 Å². The molecular formula is C35H46F13NO2. The fourth-order valence-corrected chi connectivity index (χ4v) is 9.26. The number of hydrogen-bond acceptors (Lipinski definition) is 3. The number of phenolic OH excluding ortho intramolecular Hbond substituents is 1. The first-order valence-corrected chi connectivity index (χ1v) is 17.5. The van der Waals surface area contributed by atoms with Crippen molar-refractivity contribution in [2.24, 2.45) is 23.2 Å². The van der Waals surface area contributed by atoms with Crippen molar-refractivity contribution in [2.75, 3.05) is 20.1 Å². The number of rotatable bonds is 15. The highest BCUT2D eigenvalue weighted by molar-refractivity contribution is 5.42. The minimum Gasteiger partial charge on any atom is -0.508 e. The van der Waals surface area contributed by atoms with E-state index in [4.69, 9.17) is 0 Å². The Hall–Kier alpha value is -1.97. The van der Waals surface area contributed by atoms with Gasteiger partial charge in [-0.3, -0.25) is 0 Å². The van der Waals surface area contributed by atoms with Crippen molar-refractivity contribution in [3.63, 3.8) is 0 Å². The Morgan fingerprint density at radius 2 is 1.41 bits per heavy atom. The topological polar surface area (TPSA) is 43.7 Å². The van der Waals surface area contributed by atoms with Gasteiger partial charge in [0.2, 0.25) is 0 Å². The number of fused-ring (bicyclic) bond motifs is 5. The normalized spacial score (nSPS) is 30.3. The van der Waals surface area contributed by atoms with Crippen LogP contribution in [0.4, 0.5) is 57.1 Å². The van der Waals surface area contributed by atoms with Crippen molar-refractivity contribution >= 4 is 0 Å². The molecule has 7 atom stereocenters. The lowest BCUT2D eigenvalue weighted by Gasteiger charge is -2.56. The smallest absolute Gasteiger partial charge is 0.460 e. The van der Waals surface area contributed by atoms with Crippen molar-refractivity contribution in [1.82, 2.24) is 4.90 Å². The largest absolute Gasteiger partial charge is 0.508 e. The first kappa shape index (κ1) is 41.8. The van der Waals surface area contributed by atoms with Crippen LogP contribution in [0.5, 0.6) is 5.75 Å². The first-order chi connectivity index (χ1) is 23.3. The molecule has 294 valence electrons. The van der Waals surface area contributed by atoms with E-state index in [0.717, 1.165) is 12.0 Å². The van der Waals surface area contributed by atoms with Crippen LogP contribution < -0.4 is 0 Å². The number of aliphatic hydroxyl groups is 1. The summed E-state index contributed by atoms with van der Waals surface area (Å²) in [4.78, 5) is 1.93. The van der Waals surface area contributed by atoms with E-state index in [1.807, 2.05) is 4.90 Å². The maximum absolute atomic E-state index is 16.1. The molecule has 1 aromatic rings. The fraction of sp³-hybridized carbons (Fsp3) is 0.829. The van der Waals surface area contributed by atoms with Gasteiger partial charge in [0, 0.05) is 17.8 Å². The summed E-state index contributed by atoms with van der Waals surface area (Å²) in [5.41, 5.74) is -3.21. The number of benzene rings is 1. The molecule has 0 heterocycles. The lowest BCUT2D eigenvalue weighted by Crippen LogP contribution is -2.61. The second-order valence-electron chi connectivity index (χ2n) is 15.3. The monoisotopic (exact) mass is 759 g/mol. The van der Waals surface area contributed by atoms with E-state index < -0.39 is 90.7 Å². The maximum Gasteiger partial charge on any atom is 0.460 e. The summed E-state index contributed by atoms with van der Waals surface area (Å²) in [6, 6.07) is 4.70. The van der Waals surface area contributed by atoms with E-state index in [-0.39, 0.29) is 30.9 Å². The van der Waals surface area contributed by atoms with Gasteiger partial charge in [-0.1, -0.05) is 38.7 Å². The predicted octanol–water partition coefficient (Wildman–Crippen LogP) is 10.6. The van der Waals surface area contributed by atoms with Crippen LogP contribution in [0.1, 0.15) is 101 Å². The average Bonchev–Trinajstić information content (AvgIpc) is 3.28. The van der Waals surface area contributed by atoms with Gasteiger partial charge in [0.1, 0.15) is 11.9 Å². The van der Waals surface area contributed by atoms with Gasteiger partial charge in [-0.05, 0) is 113 Å². The first-order valence-electron chi connectivity index (χ1n) is 17.5. The van der Waals surface area contributed by atoms with Crippen LogP contribution in [0.2, 0.25) is 0 Å². The van der Waals surface area contributed by atoms with E-state index in [1.54, 1.807) is 19.2 Å². The van der Waals surface area contributed by atoms with Crippen molar-refractivity contribution in [3.8, 4) is 5.75 Å². The van der Waals surface area contributed by atoms with E-state index in [9.17, 15) is 62.9 Å². The van der Waals surface area contributed by atoms with Crippen LogP contribution in [-0.2, 0) is 6.42 Å². The highest BCUT2D eigenvalue weighted by atomic mass is 19.4. The maximum atomic E-state index is 16.1. The highest BCUT2D eigenvalue weighted by Gasteiger charge is 2.81. The quantitative estimate of drug-likeness (QED) is 0.138. The third-order valence-corrected chi connectivity index (χ3v) is 12.1. The molecule has 2 N–H and O–H groups in total. The molecule has 4 rings (SSSR count). The number of nitrogens with zero attached hydrogens (tertiary/aromatic N) is 1. The van der Waals surface area contributed by atoms with Crippen molar-refractivity contribution < 1.29 is 67.3 Å². The number of alkyl halides is 13. The molecule has 0 bridgehead atoms. The molecule has 0 spiro atoms. The summed E-state index contributed by atoms with van der Waals surface area (Å²) in [7, 11) is 1.79. The Morgan fingerprint density at radius 3 is 2.00 bits per heavy atom. The van der Waals surface area contributed by atoms with E-state index in [0.29, 0.717) is 50.8 Å². The molecule has 3 aliphatic rings. The van der Waals surface area contributed by atoms with Gasteiger partial charge in [0.15, 0.2) is 5.60 Å². The van der Waals surface area contributed by atoms with Gasteiger partial charge in [0.05, 0.1) is 0 Å². The number of hydrogen-bond donors (Lipinski definition) is 2. The zero-order chi connectivity index (χ0) is 38.4.